The van der Waals surface area contributed by atoms with Crippen LogP contribution in [-0.2, 0) is 21.4 Å². The molecule has 26 heavy (non-hydrogen) atoms. The van der Waals surface area contributed by atoms with Crippen molar-refractivity contribution in [2.45, 2.75) is 39.9 Å². The van der Waals surface area contributed by atoms with Crippen LogP contribution in [0, 0.1) is 19.7 Å². The molecule has 0 fully saturated rings. The van der Waals surface area contributed by atoms with E-state index in [1.807, 2.05) is 6.92 Å². The number of hydrogen-bond donors (Lipinski definition) is 1. The van der Waals surface area contributed by atoms with Crippen molar-refractivity contribution in [1.82, 2.24) is 9.78 Å². The second-order valence-corrected chi connectivity index (χ2v) is 5.95. The lowest BCUT2D eigenvalue weighted by molar-refractivity contribution is -0.159. The van der Waals surface area contributed by atoms with Crippen molar-refractivity contribution >= 4 is 17.6 Å². The fourth-order valence-corrected chi connectivity index (χ4v) is 2.27. The molecule has 140 valence electrons. The number of amides is 1. The summed E-state index contributed by atoms with van der Waals surface area (Å²) in [4.78, 5) is 24.4. The zero-order valence-corrected chi connectivity index (χ0v) is 15.4. The molecule has 1 N–H and O–H groups in total. The van der Waals surface area contributed by atoms with Crippen LogP contribution >= 0.6 is 0 Å². The number of carbonyl (C=O) groups excluding carboxylic acids is 2. The maximum atomic E-state index is 12.9. The summed E-state index contributed by atoms with van der Waals surface area (Å²) in [6.45, 7) is 6.56. The monoisotopic (exact) mass is 363 g/mol. The van der Waals surface area contributed by atoms with Gasteiger partial charge in [-0.2, -0.15) is 5.10 Å². The van der Waals surface area contributed by atoms with Gasteiger partial charge in [0.05, 0.1) is 17.1 Å². The van der Waals surface area contributed by atoms with Gasteiger partial charge in [-0.3, -0.25) is 9.48 Å². The minimum absolute atomic E-state index is 0.328. The second kappa shape index (κ2) is 7.99. The van der Waals surface area contributed by atoms with Crippen LogP contribution < -0.4 is 10.1 Å². The first-order chi connectivity index (χ1) is 12.2. The van der Waals surface area contributed by atoms with E-state index < -0.39 is 29.9 Å². The molecule has 1 heterocycles. The van der Waals surface area contributed by atoms with Gasteiger partial charge in [-0.15, -0.1) is 0 Å². The van der Waals surface area contributed by atoms with Crippen LogP contribution in [0.2, 0.25) is 0 Å². The third-order valence-corrected chi connectivity index (χ3v) is 3.88. The zero-order chi connectivity index (χ0) is 19.4. The standard InChI is InChI=1S/C18H22FN3O4/c1-10-16(11(2)22(5)21-10)20-17(23)12(3)26-18(24)13(4)25-15-8-6-14(19)7-9-15/h6-9,12-13H,1-5H3,(H,20,23)/t12-,13-/m0/s1. The van der Waals surface area contributed by atoms with Crippen LogP contribution in [0.3, 0.4) is 0 Å². The molecular formula is C18H22FN3O4. The smallest absolute Gasteiger partial charge is 0.347 e. The number of ether oxygens (including phenoxy) is 2. The molecule has 0 radical (unpaired) electrons. The molecule has 0 saturated heterocycles. The Kier molecular flexibility index (Phi) is 5.97. The average Bonchev–Trinajstić information content (AvgIpc) is 2.82. The number of rotatable bonds is 6. The Labute approximate surface area is 151 Å². The Morgan fingerprint density at radius 3 is 2.31 bits per heavy atom. The summed E-state index contributed by atoms with van der Waals surface area (Å²) < 4.78 is 25.1. The van der Waals surface area contributed by atoms with Crippen LogP contribution in [0.25, 0.3) is 0 Å². The van der Waals surface area contributed by atoms with Gasteiger partial charge in [-0.1, -0.05) is 0 Å². The second-order valence-electron chi connectivity index (χ2n) is 5.95. The summed E-state index contributed by atoms with van der Waals surface area (Å²) in [6, 6.07) is 5.26. The molecule has 0 aliphatic carbocycles. The number of esters is 1. The number of aryl methyl sites for hydroxylation is 2. The number of benzene rings is 1. The summed E-state index contributed by atoms with van der Waals surface area (Å²) in [6.07, 6.45) is -1.96. The lowest BCUT2D eigenvalue weighted by atomic mass is 10.3. The summed E-state index contributed by atoms with van der Waals surface area (Å²) in [7, 11) is 1.77. The highest BCUT2D eigenvalue weighted by Crippen LogP contribution is 2.19. The predicted molar refractivity (Wildman–Crippen MR) is 93.4 cm³/mol. The number of nitrogens with zero attached hydrogens (tertiary/aromatic N) is 2. The summed E-state index contributed by atoms with van der Waals surface area (Å²) in [5.41, 5.74) is 2.06. The minimum atomic E-state index is -1.01. The first kappa shape index (κ1) is 19.4. The van der Waals surface area contributed by atoms with E-state index in [1.54, 1.807) is 18.7 Å². The van der Waals surface area contributed by atoms with Crippen molar-refractivity contribution in [2.24, 2.45) is 7.05 Å². The van der Waals surface area contributed by atoms with Gasteiger partial charge in [0, 0.05) is 7.05 Å². The Hall–Kier alpha value is -2.90. The summed E-state index contributed by atoms with van der Waals surface area (Å²) >= 11 is 0. The van der Waals surface area contributed by atoms with Crippen LogP contribution in [-0.4, -0.2) is 33.9 Å². The highest BCUT2D eigenvalue weighted by atomic mass is 19.1. The molecule has 1 amide bonds. The van der Waals surface area contributed by atoms with Gasteiger partial charge in [0.2, 0.25) is 0 Å². The Balaban J connectivity index is 1.92. The zero-order valence-electron chi connectivity index (χ0n) is 15.4. The molecule has 2 atom stereocenters. The number of anilines is 1. The minimum Gasteiger partial charge on any atom is -0.479 e. The van der Waals surface area contributed by atoms with Gasteiger partial charge in [0.1, 0.15) is 11.6 Å². The maximum absolute atomic E-state index is 12.9. The molecule has 1 aromatic heterocycles. The molecule has 7 nitrogen and oxygen atoms in total. The first-order valence-corrected chi connectivity index (χ1v) is 8.12. The van der Waals surface area contributed by atoms with Gasteiger partial charge in [-0.25, -0.2) is 9.18 Å². The van der Waals surface area contributed by atoms with Crippen LogP contribution in [0.4, 0.5) is 10.1 Å². The van der Waals surface area contributed by atoms with Crippen LogP contribution in [0.1, 0.15) is 25.2 Å². The van der Waals surface area contributed by atoms with Crippen molar-refractivity contribution in [1.29, 1.82) is 0 Å². The van der Waals surface area contributed by atoms with E-state index in [0.717, 1.165) is 5.69 Å². The first-order valence-electron chi connectivity index (χ1n) is 8.12. The number of aromatic nitrogens is 2. The number of halogens is 1. The Morgan fingerprint density at radius 1 is 1.15 bits per heavy atom. The fourth-order valence-electron chi connectivity index (χ4n) is 2.27. The average molecular weight is 363 g/mol. The van der Waals surface area contributed by atoms with Gasteiger partial charge in [-0.05, 0) is 52.0 Å². The molecule has 0 unspecified atom stereocenters. The van der Waals surface area contributed by atoms with Gasteiger partial charge >= 0.3 is 5.97 Å². The van der Waals surface area contributed by atoms with Gasteiger partial charge in [0.15, 0.2) is 12.2 Å². The summed E-state index contributed by atoms with van der Waals surface area (Å²) in [5.74, 6) is -1.24. The number of nitrogens with one attached hydrogen (secondary N) is 1. The molecule has 0 aliphatic rings. The van der Waals surface area contributed by atoms with Crippen molar-refractivity contribution in [3.8, 4) is 5.75 Å². The van der Waals surface area contributed by atoms with E-state index in [-0.39, 0.29) is 0 Å². The topological polar surface area (TPSA) is 82.5 Å². The van der Waals surface area contributed by atoms with Gasteiger partial charge in [0.25, 0.3) is 5.91 Å². The largest absolute Gasteiger partial charge is 0.479 e. The van der Waals surface area contributed by atoms with Crippen molar-refractivity contribution in [2.75, 3.05) is 5.32 Å². The molecule has 0 bridgehead atoms. The molecular weight excluding hydrogens is 341 g/mol. The summed E-state index contributed by atoms with van der Waals surface area (Å²) in [5, 5.41) is 6.93. The van der Waals surface area contributed by atoms with Crippen LogP contribution in [0.15, 0.2) is 24.3 Å². The highest BCUT2D eigenvalue weighted by molar-refractivity contribution is 5.96. The Bertz CT molecular complexity index is 802. The van der Waals surface area contributed by atoms with Crippen LogP contribution in [0.5, 0.6) is 5.75 Å². The molecule has 1 aromatic carbocycles. The predicted octanol–water partition coefficient (Wildman–Crippen LogP) is 2.51. The lowest BCUT2D eigenvalue weighted by Crippen LogP contribution is -2.35. The SMILES string of the molecule is Cc1nn(C)c(C)c1NC(=O)[C@H](C)OC(=O)[C@H](C)Oc1ccc(F)cc1. The molecule has 0 saturated carbocycles. The third kappa shape index (κ3) is 4.59. The lowest BCUT2D eigenvalue weighted by Gasteiger charge is -2.18. The maximum Gasteiger partial charge on any atom is 0.347 e. The molecule has 0 aliphatic heterocycles. The third-order valence-electron chi connectivity index (χ3n) is 3.88. The van der Waals surface area contributed by atoms with Crippen molar-refractivity contribution < 1.29 is 23.5 Å². The molecule has 2 aromatic rings. The number of hydrogen-bond acceptors (Lipinski definition) is 5. The highest BCUT2D eigenvalue weighted by Gasteiger charge is 2.24. The molecule has 2 rings (SSSR count). The fraction of sp³-hybridized carbons (Fsp3) is 0.389. The van der Waals surface area contributed by atoms with Gasteiger partial charge < -0.3 is 14.8 Å². The Morgan fingerprint density at radius 2 is 1.77 bits per heavy atom. The van der Waals surface area contributed by atoms with Crippen molar-refractivity contribution in [3.05, 3.63) is 41.5 Å². The molecule has 8 heteroatoms. The van der Waals surface area contributed by atoms with E-state index in [0.29, 0.717) is 17.1 Å². The van der Waals surface area contributed by atoms with E-state index in [2.05, 4.69) is 10.4 Å². The number of carbonyl (C=O) groups is 2. The van der Waals surface area contributed by atoms with E-state index in [9.17, 15) is 14.0 Å². The van der Waals surface area contributed by atoms with E-state index in [1.165, 1.54) is 38.1 Å². The normalized spacial score (nSPS) is 13.0. The quantitative estimate of drug-likeness (QED) is 0.798. The molecule has 0 spiro atoms. The van der Waals surface area contributed by atoms with Crippen molar-refractivity contribution in [3.63, 3.8) is 0 Å². The van der Waals surface area contributed by atoms with E-state index >= 15 is 0 Å². The van der Waals surface area contributed by atoms with E-state index in [4.69, 9.17) is 9.47 Å².